The van der Waals surface area contributed by atoms with Crippen LogP contribution in [-0.2, 0) is 4.79 Å². The minimum Gasteiger partial charge on any atom is -0.481 e. The highest BCUT2D eigenvalue weighted by Gasteiger charge is 2.13. The molecule has 0 aliphatic rings. The lowest BCUT2D eigenvalue weighted by Crippen LogP contribution is -2.12. The number of carboxylic acid groups (broad SMARTS) is 1. The molecular weight excluding hydrogens is 170 g/mol. The second kappa shape index (κ2) is 11.4. The van der Waals surface area contributed by atoms with Gasteiger partial charge in [0.1, 0.15) is 0 Å². The number of aliphatic carboxylic acids is 1. The SMILES string of the molecule is CCCCCC(CC)C(=O)O.NO. The lowest BCUT2D eigenvalue weighted by atomic mass is 9.99. The third-order valence-corrected chi connectivity index (χ3v) is 2.00. The van der Waals surface area contributed by atoms with Crippen LogP contribution in [0.2, 0.25) is 0 Å². The summed E-state index contributed by atoms with van der Waals surface area (Å²) in [6.45, 7) is 4.06. The summed E-state index contributed by atoms with van der Waals surface area (Å²) < 4.78 is 0. The van der Waals surface area contributed by atoms with Crippen molar-refractivity contribution in [2.75, 3.05) is 0 Å². The second-order valence-electron chi connectivity index (χ2n) is 2.94. The van der Waals surface area contributed by atoms with E-state index in [0.29, 0.717) is 0 Å². The number of hydrogen-bond acceptors (Lipinski definition) is 3. The van der Waals surface area contributed by atoms with Gasteiger partial charge in [-0.05, 0) is 12.8 Å². The molecule has 80 valence electrons. The topological polar surface area (TPSA) is 83.5 Å². The van der Waals surface area contributed by atoms with Gasteiger partial charge in [-0.2, -0.15) is 0 Å². The van der Waals surface area contributed by atoms with Gasteiger partial charge in [0.15, 0.2) is 0 Å². The van der Waals surface area contributed by atoms with E-state index in [4.69, 9.17) is 10.3 Å². The Hall–Kier alpha value is -0.610. The molecule has 0 aliphatic carbocycles. The standard InChI is InChI=1S/C9H18O2.H3NO/c1-3-5-6-7-8(4-2)9(10)11;1-2/h8H,3-7H2,1-2H3,(H,10,11);2H,1H2. The van der Waals surface area contributed by atoms with Crippen molar-refractivity contribution in [2.45, 2.75) is 46.0 Å². The maximum Gasteiger partial charge on any atom is 0.306 e. The van der Waals surface area contributed by atoms with Crippen molar-refractivity contribution in [2.24, 2.45) is 11.8 Å². The molecule has 0 aromatic heterocycles. The summed E-state index contributed by atoms with van der Waals surface area (Å²) in [7, 11) is 0. The molecule has 0 aromatic carbocycles. The molecule has 0 radical (unpaired) electrons. The fourth-order valence-electron chi connectivity index (χ4n) is 1.14. The van der Waals surface area contributed by atoms with Crippen molar-refractivity contribution in [3.63, 3.8) is 0 Å². The highest BCUT2D eigenvalue weighted by atomic mass is 16.4. The van der Waals surface area contributed by atoms with Gasteiger partial charge >= 0.3 is 5.97 Å². The lowest BCUT2D eigenvalue weighted by Gasteiger charge is -2.07. The van der Waals surface area contributed by atoms with Gasteiger partial charge in [-0.1, -0.05) is 33.1 Å². The molecule has 0 fully saturated rings. The Morgan fingerprint density at radius 3 is 2.15 bits per heavy atom. The van der Waals surface area contributed by atoms with Gasteiger partial charge in [0.25, 0.3) is 0 Å². The van der Waals surface area contributed by atoms with Crippen molar-refractivity contribution in [1.29, 1.82) is 0 Å². The van der Waals surface area contributed by atoms with Crippen LogP contribution in [0, 0.1) is 5.92 Å². The van der Waals surface area contributed by atoms with E-state index in [0.717, 1.165) is 32.1 Å². The third-order valence-electron chi connectivity index (χ3n) is 2.00. The summed E-state index contributed by atoms with van der Waals surface area (Å²) in [4.78, 5) is 10.5. The van der Waals surface area contributed by atoms with E-state index >= 15 is 0 Å². The molecular formula is C9H21NO3. The Balaban J connectivity index is 0. The quantitative estimate of drug-likeness (QED) is 0.443. The van der Waals surface area contributed by atoms with Gasteiger partial charge in [-0.15, -0.1) is 0 Å². The first-order valence-corrected chi connectivity index (χ1v) is 4.71. The summed E-state index contributed by atoms with van der Waals surface area (Å²) in [5, 5.41) is 15.2. The first-order chi connectivity index (χ1) is 6.22. The first kappa shape index (κ1) is 14.9. The highest BCUT2D eigenvalue weighted by molar-refractivity contribution is 5.69. The van der Waals surface area contributed by atoms with E-state index in [9.17, 15) is 4.79 Å². The fraction of sp³-hybridized carbons (Fsp3) is 0.889. The molecule has 4 heteroatoms. The molecule has 13 heavy (non-hydrogen) atoms. The minimum absolute atomic E-state index is 0.110. The molecule has 1 unspecified atom stereocenters. The Morgan fingerprint density at radius 1 is 1.31 bits per heavy atom. The molecule has 0 heterocycles. The normalized spacial score (nSPS) is 11.4. The summed E-state index contributed by atoms with van der Waals surface area (Å²) in [5.41, 5.74) is 0. The monoisotopic (exact) mass is 191 g/mol. The van der Waals surface area contributed by atoms with Crippen molar-refractivity contribution in [3.8, 4) is 0 Å². The third kappa shape index (κ3) is 9.30. The Kier molecular flexibility index (Phi) is 13.0. The van der Waals surface area contributed by atoms with Crippen LogP contribution in [0.4, 0.5) is 0 Å². The van der Waals surface area contributed by atoms with Crippen molar-refractivity contribution < 1.29 is 15.1 Å². The number of unbranched alkanes of at least 4 members (excludes halogenated alkanes) is 2. The maximum absolute atomic E-state index is 10.5. The minimum atomic E-state index is -0.636. The fourth-order valence-corrected chi connectivity index (χ4v) is 1.14. The summed E-state index contributed by atoms with van der Waals surface area (Å²) >= 11 is 0. The van der Waals surface area contributed by atoms with Gasteiger partial charge in [-0.3, -0.25) is 4.79 Å². The van der Waals surface area contributed by atoms with Crippen LogP contribution in [-0.4, -0.2) is 16.3 Å². The van der Waals surface area contributed by atoms with E-state index in [1.54, 1.807) is 0 Å². The first-order valence-electron chi connectivity index (χ1n) is 4.71. The van der Waals surface area contributed by atoms with Crippen LogP contribution in [0.3, 0.4) is 0 Å². The molecule has 0 rings (SSSR count). The molecule has 4 nitrogen and oxygen atoms in total. The van der Waals surface area contributed by atoms with Gasteiger partial charge in [-0.25, -0.2) is 5.90 Å². The van der Waals surface area contributed by atoms with Gasteiger partial charge < -0.3 is 10.3 Å². The Bertz CT molecular complexity index is 117. The average Bonchev–Trinajstić information content (AvgIpc) is 2.15. The summed E-state index contributed by atoms with van der Waals surface area (Å²) in [5.74, 6) is 2.75. The zero-order chi connectivity index (χ0) is 10.7. The second-order valence-corrected chi connectivity index (χ2v) is 2.94. The smallest absolute Gasteiger partial charge is 0.306 e. The molecule has 0 saturated heterocycles. The molecule has 0 saturated carbocycles. The number of carbonyl (C=O) groups is 1. The van der Waals surface area contributed by atoms with Crippen LogP contribution in [0.15, 0.2) is 0 Å². The number of hydrogen-bond donors (Lipinski definition) is 3. The zero-order valence-electron chi connectivity index (χ0n) is 8.49. The lowest BCUT2D eigenvalue weighted by molar-refractivity contribution is -0.142. The van der Waals surface area contributed by atoms with Gasteiger partial charge in [0, 0.05) is 0 Å². The van der Waals surface area contributed by atoms with Crippen molar-refractivity contribution in [3.05, 3.63) is 0 Å². The Labute approximate surface area is 79.7 Å². The molecule has 0 bridgehead atoms. The summed E-state index contributed by atoms with van der Waals surface area (Å²) in [6.07, 6.45) is 4.99. The zero-order valence-corrected chi connectivity index (χ0v) is 8.49. The van der Waals surface area contributed by atoms with E-state index in [2.05, 4.69) is 12.8 Å². The number of rotatable bonds is 6. The van der Waals surface area contributed by atoms with Crippen LogP contribution < -0.4 is 5.90 Å². The van der Waals surface area contributed by atoms with E-state index < -0.39 is 5.97 Å². The predicted molar refractivity (Wildman–Crippen MR) is 51.5 cm³/mol. The van der Waals surface area contributed by atoms with Crippen molar-refractivity contribution >= 4 is 5.97 Å². The molecule has 0 aromatic rings. The average molecular weight is 191 g/mol. The van der Waals surface area contributed by atoms with Crippen LogP contribution >= 0.6 is 0 Å². The summed E-state index contributed by atoms with van der Waals surface area (Å²) in [6, 6.07) is 0. The van der Waals surface area contributed by atoms with E-state index in [-0.39, 0.29) is 5.92 Å². The van der Waals surface area contributed by atoms with E-state index in [1.165, 1.54) is 0 Å². The molecule has 0 aliphatic heterocycles. The number of carboxylic acids is 1. The molecule has 0 spiro atoms. The molecule has 4 N–H and O–H groups in total. The van der Waals surface area contributed by atoms with Crippen LogP contribution in [0.25, 0.3) is 0 Å². The van der Waals surface area contributed by atoms with Gasteiger partial charge in [0.05, 0.1) is 5.92 Å². The molecule has 0 amide bonds. The predicted octanol–water partition coefficient (Wildman–Crippen LogP) is 2.01. The maximum atomic E-state index is 10.5. The highest BCUT2D eigenvalue weighted by Crippen LogP contribution is 2.13. The Morgan fingerprint density at radius 2 is 1.85 bits per heavy atom. The largest absolute Gasteiger partial charge is 0.481 e. The van der Waals surface area contributed by atoms with Crippen LogP contribution in [0.1, 0.15) is 46.0 Å². The molecule has 1 atom stereocenters. The number of nitrogens with two attached hydrogens (primary N) is 1. The van der Waals surface area contributed by atoms with E-state index in [1.807, 2.05) is 6.92 Å². The van der Waals surface area contributed by atoms with Gasteiger partial charge in [0.2, 0.25) is 0 Å². The van der Waals surface area contributed by atoms with Crippen molar-refractivity contribution in [1.82, 2.24) is 0 Å². The van der Waals surface area contributed by atoms with Crippen LogP contribution in [0.5, 0.6) is 0 Å².